The molecule has 1 aromatic heterocycles. The molecular weight excluding hydrogens is 314 g/mol. The number of Topliss-reactive ketones (excluding diaryl/α,β-unsaturated/α-hetero) is 1. The second kappa shape index (κ2) is 7.23. The van der Waals surface area contributed by atoms with E-state index in [1.807, 2.05) is 6.07 Å². The van der Waals surface area contributed by atoms with Gasteiger partial charge in [0.05, 0.1) is 17.6 Å². The first kappa shape index (κ1) is 17.0. The lowest BCUT2D eigenvalue weighted by molar-refractivity contribution is 0.101. The summed E-state index contributed by atoms with van der Waals surface area (Å²) in [4.78, 5) is 15.5. The number of rotatable bonds is 7. The number of hydrogen-bond acceptors (Lipinski definition) is 5. The number of nitrogens with one attached hydrogen (secondary N) is 2. The summed E-state index contributed by atoms with van der Waals surface area (Å²) in [6.07, 6.45) is 2.08. The molecule has 23 heavy (non-hydrogen) atoms. The zero-order valence-corrected chi connectivity index (χ0v) is 13.9. The van der Waals surface area contributed by atoms with Crippen molar-refractivity contribution >= 4 is 33.0 Å². The molecule has 0 unspecified atom stereocenters. The fourth-order valence-electron chi connectivity index (χ4n) is 1.99. The van der Waals surface area contributed by atoms with E-state index in [2.05, 4.69) is 15.0 Å². The third kappa shape index (κ3) is 5.07. The summed E-state index contributed by atoms with van der Waals surface area (Å²) in [6, 6.07) is 10.4. The van der Waals surface area contributed by atoms with Crippen molar-refractivity contribution in [3.05, 3.63) is 48.2 Å². The van der Waals surface area contributed by atoms with Gasteiger partial charge >= 0.3 is 0 Å². The van der Waals surface area contributed by atoms with Gasteiger partial charge in [-0.05, 0) is 37.6 Å². The van der Waals surface area contributed by atoms with Crippen LogP contribution in [0.5, 0.6) is 0 Å². The maximum Gasteiger partial charge on any atom is 0.233 e. The van der Waals surface area contributed by atoms with E-state index in [-0.39, 0.29) is 17.4 Å². The van der Waals surface area contributed by atoms with Gasteiger partial charge in [-0.1, -0.05) is 19.1 Å². The van der Waals surface area contributed by atoms with Crippen molar-refractivity contribution in [1.82, 2.24) is 4.98 Å². The molecule has 0 aliphatic heterocycles. The highest BCUT2D eigenvalue weighted by Crippen LogP contribution is 2.19. The molecule has 0 atom stereocenters. The maximum absolute atomic E-state index is 11.7. The topological polar surface area (TPSA) is 88.2 Å². The molecule has 0 saturated carbocycles. The Morgan fingerprint density at radius 2 is 1.96 bits per heavy atom. The monoisotopic (exact) mass is 333 g/mol. The van der Waals surface area contributed by atoms with Crippen LogP contribution in [-0.2, 0) is 10.0 Å². The normalized spacial score (nSPS) is 11.0. The molecule has 2 N–H and O–H groups in total. The molecule has 0 fully saturated rings. The quantitative estimate of drug-likeness (QED) is 0.760. The summed E-state index contributed by atoms with van der Waals surface area (Å²) in [5.41, 5.74) is 2.08. The van der Waals surface area contributed by atoms with E-state index < -0.39 is 10.0 Å². The summed E-state index contributed by atoms with van der Waals surface area (Å²) < 4.78 is 25.8. The van der Waals surface area contributed by atoms with Crippen LogP contribution < -0.4 is 10.0 Å². The number of nitrogens with zero attached hydrogens (tertiary/aromatic N) is 1. The molecule has 0 amide bonds. The smallest absolute Gasteiger partial charge is 0.233 e. The fraction of sp³-hybridized carbons (Fsp3) is 0.250. The summed E-state index contributed by atoms with van der Waals surface area (Å²) in [5.74, 6) is 0.334. The fourth-order valence-corrected chi connectivity index (χ4v) is 3.07. The highest BCUT2D eigenvalue weighted by Gasteiger charge is 2.09. The maximum atomic E-state index is 11.7. The molecule has 7 heteroatoms. The van der Waals surface area contributed by atoms with Crippen molar-refractivity contribution < 1.29 is 13.2 Å². The number of benzene rings is 1. The predicted molar refractivity (Wildman–Crippen MR) is 91.7 cm³/mol. The van der Waals surface area contributed by atoms with Crippen LogP contribution in [-0.4, -0.2) is 24.9 Å². The van der Waals surface area contributed by atoms with Gasteiger partial charge in [0.15, 0.2) is 5.78 Å². The molecule has 0 radical (unpaired) electrons. The van der Waals surface area contributed by atoms with Crippen molar-refractivity contribution in [3.63, 3.8) is 0 Å². The minimum absolute atomic E-state index is 0.00699. The average Bonchev–Trinajstić information content (AvgIpc) is 2.49. The largest absolute Gasteiger partial charge is 0.354 e. The van der Waals surface area contributed by atoms with Gasteiger partial charge in [0, 0.05) is 11.3 Å². The Kier molecular flexibility index (Phi) is 5.33. The second-order valence-electron chi connectivity index (χ2n) is 5.12. The highest BCUT2D eigenvalue weighted by molar-refractivity contribution is 7.92. The Balaban J connectivity index is 2.08. The van der Waals surface area contributed by atoms with Crippen molar-refractivity contribution in [2.45, 2.75) is 20.3 Å². The van der Waals surface area contributed by atoms with Crippen LogP contribution in [0.15, 0.2) is 42.6 Å². The summed E-state index contributed by atoms with van der Waals surface area (Å²) in [7, 11) is -3.34. The number of sulfonamides is 1. The number of anilines is 3. The molecule has 122 valence electrons. The van der Waals surface area contributed by atoms with E-state index in [0.29, 0.717) is 17.7 Å². The molecule has 2 rings (SSSR count). The molecule has 2 aromatic rings. The van der Waals surface area contributed by atoms with E-state index in [9.17, 15) is 13.2 Å². The SMILES string of the molecule is CCCS(=O)(=O)Nc1ccc(Nc2cccc(C(C)=O)c2)cn1. The lowest BCUT2D eigenvalue weighted by atomic mass is 10.1. The molecule has 0 aliphatic carbocycles. The van der Waals surface area contributed by atoms with Gasteiger partial charge in [-0.25, -0.2) is 13.4 Å². The Hall–Kier alpha value is -2.41. The van der Waals surface area contributed by atoms with Crippen molar-refractivity contribution in [3.8, 4) is 0 Å². The Morgan fingerprint density at radius 3 is 2.57 bits per heavy atom. The van der Waals surface area contributed by atoms with Crippen LogP contribution in [0.2, 0.25) is 0 Å². The van der Waals surface area contributed by atoms with Crippen LogP contribution in [0.3, 0.4) is 0 Å². The van der Waals surface area contributed by atoms with Crippen LogP contribution in [0.4, 0.5) is 17.2 Å². The first-order valence-electron chi connectivity index (χ1n) is 7.24. The third-order valence-electron chi connectivity index (χ3n) is 3.05. The minimum Gasteiger partial charge on any atom is -0.354 e. The van der Waals surface area contributed by atoms with Crippen LogP contribution in [0.25, 0.3) is 0 Å². The predicted octanol–water partition coefficient (Wildman–Crippen LogP) is 3.18. The van der Waals surface area contributed by atoms with Crippen LogP contribution in [0, 0.1) is 0 Å². The van der Waals surface area contributed by atoms with Crippen molar-refractivity contribution in [2.75, 3.05) is 15.8 Å². The van der Waals surface area contributed by atoms with Gasteiger partial charge in [-0.3, -0.25) is 9.52 Å². The number of carbonyl (C=O) groups excluding carboxylic acids is 1. The molecule has 0 saturated heterocycles. The Morgan fingerprint density at radius 1 is 1.17 bits per heavy atom. The van der Waals surface area contributed by atoms with Gasteiger partial charge < -0.3 is 5.32 Å². The lowest BCUT2D eigenvalue weighted by Gasteiger charge is -2.09. The Bertz CT molecular complexity index is 786. The van der Waals surface area contributed by atoms with Crippen LogP contribution >= 0.6 is 0 Å². The third-order valence-corrected chi connectivity index (χ3v) is 4.52. The van der Waals surface area contributed by atoms with E-state index in [0.717, 1.165) is 5.69 Å². The number of pyridine rings is 1. The first-order chi connectivity index (χ1) is 10.9. The number of carbonyl (C=O) groups is 1. The van der Waals surface area contributed by atoms with Gasteiger partial charge in [0.25, 0.3) is 0 Å². The molecule has 1 heterocycles. The standard InChI is InChI=1S/C16H19N3O3S/c1-3-9-23(21,22)19-16-8-7-15(11-17-16)18-14-6-4-5-13(10-14)12(2)20/h4-8,10-11,18H,3,9H2,1-2H3,(H,17,19). The van der Waals surface area contributed by atoms with E-state index in [1.54, 1.807) is 37.3 Å². The summed E-state index contributed by atoms with van der Waals surface area (Å²) in [5, 5.41) is 3.12. The summed E-state index contributed by atoms with van der Waals surface area (Å²) >= 11 is 0. The summed E-state index contributed by atoms with van der Waals surface area (Å²) in [6.45, 7) is 3.31. The molecule has 0 aliphatic rings. The van der Waals surface area contributed by atoms with Crippen molar-refractivity contribution in [1.29, 1.82) is 0 Å². The van der Waals surface area contributed by atoms with Gasteiger partial charge in [0.1, 0.15) is 5.82 Å². The molecule has 1 aromatic carbocycles. The van der Waals surface area contributed by atoms with Crippen LogP contribution in [0.1, 0.15) is 30.6 Å². The van der Waals surface area contributed by atoms with Gasteiger partial charge in [-0.2, -0.15) is 0 Å². The Labute approximate surface area is 136 Å². The first-order valence-corrected chi connectivity index (χ1v) is 8.89. The zero-order valence-electron chi connectivity index (χ0n) is 13.0. The zero-order chi connectivity index (χ0) is 16.9. The van der Waals surface area contributed by atoms with Crippen molar-refractivity contribution in [2.24, 2.45) is 0 Å². The van der Waals surface area contributed by atoms with E-state index >= 15 is 0 Å². The molecule has 0 spiro atoms. The highest BCUT2D eigenvalue weighted by atomic mass is 32.2. The minimum atomic E-state index is -3.34. The van der Waals surface area contributed by atoms with Gasteiger partial charge in [-0.15, -0.1) is 0 Å². The number of ketones is 1. The number of aromatic nitrogens is 1. The number of hydrogen-bond donors (Lipinski definition) is 2. The lowest BCUT2D eigenvalue weighted by Crippen LogP contribution is -2.16. The average molecular weight is 333 g/mol. The molecule has 0 bridgehead atoms. The molecular formula is C16H19N3O3S. The second-order valence-corrected chi connectivity index (χ2v) is 6.96. The van der Waals surface area contributed by atoms with Gasteiger partial charge in [0.2, 0.25) is 10.0 Å². The van der Waals surface area contributed by atoms with E-state index in [4.69, 9.17) is 0 Å². The molecule has 6 nitrogen and oxygen atoms in total. The van der Waals surface area contributed by atoms with E-state index in [1.165, 1.54) is 13.1 Å².